The number of hydrogen-bond donors (Lipinski definition) is 0. The van der Waals surface area contributed by atoms with E-state index in [0.29, 0.717) is 0 Å². The third-order valence-electron chi connectivity index (χ3n) is 22.0. The van der Waals surface area contributed by atoms with Gasteiger partial charge in [-0.25, -0.2) is 0 Å². The minimum atomic E-state index is -0.0505. The second kappa shape index (κ2) is 26.3. The van der Waals surface area contributed by atoms with Crippen molar-refractivity contribution in [3.05, 3.63) is 225 Å². The van der Waals surface area contributed by atoms with Crippen molar-refractivity contribution in [1.29, 1.82) is 0 Å². The van der Waals surface area contributed by atoms with E-state index in [1.54, 1.807) is 0 Å². The van der Waals surface area contributed by atoms with Crippen molar-refractivity contribution in [3.63, 3.8) is 0 Å². The van der Waals surface area contributed by atoms with Crippen LogP contribution in [0.2, 0.25) is 0 Å². The number of fused-ring (bicyclic) bond motifs is 7. The summed E-state index contributed by atoms with van der Waals surface area (Å²) in [5, 5.41) is 5.22. The number of nitrogens with zero attached hydrogens (tertiary/aromatic N) is 1. The summed E-state index contributed by atoms with van der Waals surface area (Å²) < 4.78 is 0.980. The van der Waals surface area contributed by atoms with Crippen molar-refractivity contribution < 1.29 is 4.48 Å². The van der Waals surface area contributed by atoms with E-state index < -0.39 is 0 Å². The van der Waals surface area contributed by atoms with Crippen molar-refractivity contribution in [2.75, 3.05) is 13.1 Å². The summed E-state index contributed by atoms with van der Waals surface area (Å²) in [6.07, 6.45) is 4.59. The molecule has 10 aromatic rings. The third kappa shape index (κ3) is 15.5. The Morgan fingerprint density at radius 1 is 0.253 bits per heavy atom. The minimum absolute atomic E-state index is 0.0505. The summed E-state index contributed by atoms with van der Waals surface area (Å²) in [5.41, 5.74) is 31.7. The van der Waals surface area contributed by atoms with E-state index in [2.05, 4.69) is 350 Å². The average molecular weight is 1310 g/mol. The van der Waals surface area contributed by atoms with Crippen LogP contribution in [0.15, 0.2) is 170 Å². The second-order valence-electron chi connectivity index (χ2n) is 38.6. The van der Waals surface area contributed by atoms with Gasteiger partial charge in [-0.15, -0.1) is 0 Å². The lowest BCUT2D eigenvalue weighted by atomic mass is 9.77. The van der Waals surface area contributed by atoms with E-state index in [1.165, 1.54) is 155 Å². The number of hydrogen-bond acceptors (Lipinski definition) is 0. The largest absolute Gasteiger partial charge is 0.316 e. The van der Waals surface area contributed by atoms with Crippen LogP contribution >= 0.6 is 0 Å². The Bertz CT molecular complexity index is 4070. The van der Waals surface area contributed by atoms with Crippen molar-refractivity contribution in [2.45, 2.75) is 262 Å². The molecule has 0 N–H and O–H groups in total. The molecule has 10 aromatic carbocycles. The van der Waals surface area contributed by atoms with Gasteiger partial charge in [0.2, 0.25) is 0 Å². The zero-order chi connectivity index (χ0) is 72.1. The van der Waals surface area contributed by atoms with E-state index in [1.807, 2.05) is 0 Å². The lowest BCUT2D eigenvalue weighted by Crippen LogP contribution is -2.47. The molecule has 0 bridgehead atoms. The van der Waals surface area contributed by atoms with Crippen LogP contribution < -0.4 is 0 Å². The summed E-state index contributed by atoms with van der Waals surface area (Å²) in [6.45, 7) is 66.0. The summed E-state index contributed by atoms with van der Waals surface area (Å²) in [6, 6.07) is 69.7. The normalized spacial score (nSPS) is 14.2. The highest BCUT2D eigenvalue weighted by Crippen LogP contribution is 2.53. The van der Waals surface area contributed by atoms with Crippen LogP contribution in [0, 0.1) is 0 Å². The Kier molecular flexibility index (Phi) is 19.3. The Labute approximate surface area is 600 Å². The molecule has 0 saturated carbocycles. The summed E-state index contributed by atoms with van der Waals surface area (Å²) in [4.78, 5) is 0. The Hall–Kier alpha value is -7.32. The van der Waals surface area contributed by atoms with Crippen molar-refractivity contribution >= 4 is 21.5 Å². The first-order valence-corrected chi connectivity index (χ1v) is 37.8. The van der Waals surface area contributed by atoms with E-state index in [0.717, 1.165) is 56.3 Å². The second-order valence-corrected chi connectivity index (χ2v) is 38.6. The molecule has 0 radical (unpaired) electrons. The van der Waals surface area contributed by atoms with Crippen LogP contribution in [-0.4, -0.2) is 17.6 Å². The molecule has 0 unspecified atom stereocenters. The molecular weight excluding hydrogens is 1190 g/mol. The van der Waals surface area contributed by atoms with Crippen LogP contribution in [0.3, 0.4) is 0 Å². The summed E-state index contributed by atoms with van der Waals surface area (Å²) >= 11 is 0. The Morgan fingerprint density at radius 3 is 0.687 bits per heavy atom. The zero-order valence-corrected chi connectivity index (χ0v) is 66.3. The topological polar surface area (TPSA) is 0 Å². The molecule has 1 nitrogen and oxygen atoms in total. The molecule has 518 valence electrons. The van der Waals surface area contributed by atoms with Crippen LogP contribution in [0.1, 0.15) is 261 Å². The molecule has 0 spiro atoms. The fourth-order valence-corrected chi connectivity index (χ4v) is 15.2. The number of rotatable bonds is 12. The van der Waals surface area contributed by atoms with Gasteiger partial charge in [-0.3, -0.25) is 0 Å². The van der Waals surface area contributed by atoms with Crippen molar-refractivity contribution in [1.82, 2.24) is 0 Å². The van der Waals surface area contributed by atoms with Gasteiger partial charge < -0.3 is 4.48 Å². The molecule has 1 aliphatic rings. The molecule has 11 rings (SSSR count). The predicted octanol–water partition coefficient (Wildman–Crippen LogP) is 28.5. The maximum Gasteiger partial charge on any atom is 0.106 e. The molecule has 1 heterocycles. The first-order chi connectivity index (χ1) is 45.9. The lowest BCUT2D eigenvalue weighted by Gasteiger charge is -2.39. The molecule has 0 amide bonds. The number of quaternary nitrogens is 1. The average Bonchev–Trinajstić information content (AvgIpc) is 1.65. The van der Waals surface area contributed by atoms with Crippen LogP contribution in [0.4, 0.5) is 0 Å². The smallest absolute Gasteiger partial charge is 0.106 e. The van der Waals surface area contributed by atoms with E-state index in [9.17, 15) is 0 Å². The molecule has 0 fully saturated rings. The third-order valence-corrected chi connectivity index (χ3v) is 22.0. The van der Waals surface area contributed by atoms with Gasteiger partial charge in [0.15, 0.2) is 0 Å². The van der Waals surface area contributed by atoms with Gasteiger partial charge >= 0.3 is 0 Å². The van der Waals surface area contributed by atoms with Gasteiger partial charge in [-0.1, -0.05) is 314 Å². The molecular formula is C98H122N+. The molecule has 0 aromatic heterocycles. The van der Waals surface area contributed by atoms with Gasteiger partial charge in [-0.05, 0) is 238 Å². The van der Waals surface area contributed by atoms with Gasteiger partial charge in [0.1, 0.15) is 13.1 Å². The monoisotopic (exact) mass is 1310 g/mol. The fourth-order valence-electron chi connectivity index (χ4n) is 15.2. The maximum absolute atomic E-state index is 2.62. The molecule has 99 heavy (non-hydrogen) atoms. The highest BCUT2D eigenvalue weighted by Gasteiger charge is 2.39. The van der Waals surface area contributed by atoms with Gasteiger partial charge in [0.25, 0.3) is 0 Å². The van der Waals surface area contributed by atoms with Gasteiger partial charge in [-0.2, -0.15) is 0 Å². The highest BCUT2D eigenvalue weighted by atomic mass is 15.3. The van der Waals surface area contributed by atoms with Crippen LogP contribution in [0.25, 0.3) is 99.4 Å². The van der Waals surface area contributed by atoms with Gasteiger partial charge in [0, 0.05) is 22.3 Å². The highest BCUT2D eigenvalue weighted by molar-refractivity contribution is 6.12. The zero-order valence-electron chi connectivity index (χ0n) is 66.3. The number of benzene rings is 10. The molecule has 0 atom stereocenters. The minimum Gasteiger partial charge on any atom is -0.316 e. The lowest BCUT2D eigenvalue weighted by molar-refractivity contribution is -0.953. The van der Waals surface area contributed by atoms with Crippen LogP contribution in [0.5, 0.6) is 0 Å². The van der Waals surface area contributed by atoms with E-state index in [-0.39, 0.29) is 43.3 Å². The van der Waals surface area contributed by atoms with Crippen molar-refractivity contribution in [3.8, 4) is 77.9 Å². The van der Waals surface area contributed by atoms with Crippen molar-refractivity contribution in [2.24, 2.45) is 0 Å². The Morgan fingerprint density at radius 2 is 0.465 bits per heavy atom. The first-order valence-electron chi connectivity index (χ1n) is 37.8. The van der Waals surface area contributed by atoms with Crippen LogP contribution in [-0.2, 0) is 56.4 Å². The predicted molar refractivity (Wildman–Crippen MR) is 436 cm³/mol. The Balaban J connectivity index is 1.32. The summed E-state index contributed by atoms with van der Waals surface area (Å²) in [5.74, 6) is 0. The first kappa shape index (κ1) is 72.9. The van der Waals surface area contributed by atoms with Gasteiger partial charge in [0.05, 0.1) is 13.1 Å². The maximum atomic E-state index is 2.62. The molecule has 0 aliphatic carbocycles. The molecule has 1 heteroatoms. The standard InChI is InChI=1S/C98H122N/c1-27-29-39-99(40-30-28-2)61-87-85(73-43-65(69-47-75(91(3,4)5)57-76(48-69)92(6,7)8)41-66(44-73)70-49-77(93(9,10)11)58-78(50-70)94(12,13)14)55-63-35-31-33-37-83(63)89(87)90-84-38-34-32-36-64(84)56-86(88(90)62-99)74-45-67(71-51-79(95(15,16)17)59-80(52-71)96(18,19)20)42-68(46-74)72-53-81(97(21,22)23)60-82(54-72)98(24,25)26/h31-38,41-60H,27-30,39-40,61-62H2,1-26H3/q+1. The number of unbranched alkanes of at least 4 members (excludes halogenated alkanes) is 2. The SMILES string of the molecule is CCCC[N+]1(CCCC)Cc2c(-c3cc(-c4cc(C(C)(C)C)cc(C(C)(C)C)c4)cc(-c4cc(C(C)(C)C)cc(C(C)(C)C)c4)c3)cc3ccccc3c2-c2c(c(-c3cc(-c4cc(C(C)(C)C)cc(C(C)(C)C)c4)cc(-c4cc(C(C)(C)C)cc(C(C)(C)C)c4)c3)cc3ccccc23)C1. The molecule has 1 aliphatic heterocycles. The molecule has 0 saturated heterocycles. The summed E-state index contributed by atoms with van der Waals surface area (Å²) in [7, 11) is 0. The fraction of sp³-hybridized carbons (Fsp3) is 0.429. The van der Waals surface area contributed by atoms with E-state index in [4.69, 9.17) is 0 Å². The quantitative estimate of drug-likeness (QED) is 0.107. The van der Waals surface area contributed by atoms with E-state index >= 15 is 0 Å².